The SMILES string of the molecule is Cc1cccc(N(P=O)c2nc(Cl)[nH+]cc2Cl)c1C. The van der Waals surface area contributed by atoms with E-state index in [1.54, 1.807) is 0 Å². The number of anilines is 2. The molecule has 0 atom stereocenters. The molecule has 0 aliphatic rings. The monoisotopic (exact) mass is 314 g/mol. The van der Waals surface area contributed by atoms with Crippen molar-refractivity contribution in [1.29, 1.82) is 0 Å². The summed E-state index contributed by atoms with van der Waals surface area (Å²) >= 11 is 11.9. The summed E-state index contributed by atoms with van der Waals surface area (Å²) in [7, 11) is -0.231. The van der Waals surface area contributed by atoms with Crippen molar-refractivity contribution in [2.24, 2.45) is 0 Å². The molecule has 0 unspecified atom stereocenters. The Balaban J connectivity index is 2.59. The Morgan fingerprint density at radius 3 is 2.74 bits per heavy atom. The molecule has 0 saturated heterocycles. The van der Waals surface area contributed by atoms with E-state index in [-0.39, 0.29) is 13.9 Å². The van der Waals surface area contributed by atoms with E-state index in [4.69, 9.17) is 23.2 Å². The van der Waals surface area contributed by atoms with Crippen LogP contribution >= 0.6 is 31.8 Å². The highest BCUT2D eigenvalue weighted by Crippen LogP contribution is 2.37. The van der Waals surface area contributed by atoms with Crippen molar-refractivity contribution in [2.75, 3.05) is 4.67 Å². The fraction of sp³-hybridized carbons (Fsp3) is 0.167. The summed E-state index contributed by atoms with van der Waals surface area (Å²) in [5, 5.41) is 0.520. The molecule has 2 rings (SSSR count). The van der Waals surface area contributed by atoms with Crippen molar-refractivity contribution in [1.82, 2.24) is 4.98 Å². The first kappa shape index (κ1) is 14.2. The van der Waals surface area contributed by atoms with Crippen LogP contribution in [0, 0.1) is 13.8 Å². The van der Waals surface area contributed by atoms with Crippen molar-refractivity contribution in [3.63, 3.8) is 0 Å². The molecule has 0 spiro atoms. The highest BCUT2D eigenvalue weighted by atomic mass is 35.5. The van der Waals surface area contributed by atoms with Gasteiger partial charge in [-0.25, -0.2) is 14.2 Å². The summed E-state index contributed by atoms with van der Waals surface area (Å²) < 4.78 is 13.0. The molecule has 1 N–H and O–H groups in total. The first-order valence-electron chi connectivity index (χ1n) is 5.48. The molecule has 0 fully saturated rings. The van der Waals surface area contributed by atoms with Crippen LogP contribution in [0.15, 0.2) is 24.4 Å². The number of aromatic amines is 1. The zero-order chi connectivity index (χ0) is 14.0. The molecule has 0 amide bonds. The minimum Gasteiger partial charge on any atom is -0.248 e. The van der Waals surface area contributed by atoms with Gasteiger partial charge >= 0.3 is 5.28 Å². The summed E-state index contributed by atoms with van der Waals surface area (Å²) in [6, 6.07) is 5.73. The van der Waals surface area contributed by atoms with Gasteiger partial charge in [-0.15, -0.1) is 0 Å². The van der Waals surface area contributed by atoms with Gasteiger partial charge in [-0.1, -0.05) is 23.7 Å². The van der Waals surface area contributed by atoms with E-state index < -0.39 is 0 Å². The Morgan fingerprint density at radius 2 is 2.05 bits per heavy atom. The molecule has 0 bridgehead atoms. The summed E-state index contributed by atoms with van der Waals surface area (Å²) in [5.74, 6) is 0.343. The standard InChI is InChI=1S/C12H10Cl2N3OP/c1-7-4-3-5-10(8(7)2)17(19-18)11-9(13)6-15-12(14)16-11/h3-6H,1-2H3/p+1. The van der Waals surface area contributed by atoms with Crippen molar-refractivity contribution in [3.05, 3.63) is 45.8 Å². The predicted octanol–water partition coefficient (Wildman–Crippen LogP) is 4.16. The van der Waals surface area contributed by atoms with Crippen LogP contribution in [0.4, 0.5) is 11.5 Å². The second kappa shape index (κ2) is 5.83. The maximum absolute atomic E-state index is 11.5. The highest BCUT2D eigenvalue weighted by molar-refractivity contribution is 7.26. The van der Waals surface area contributed by atoms with E-state index in [0.717, 1.165) is 16.8 Å². The van der Waals surface area contributed by atoms with Crippen LogP contribution in [-0.2, 0) is 4.57 Å². The van der Waals surface area contributed by atoms with E-state index in [0.29, 0.717) is 10.8 Å². The number of benzene rings is 1. The fourth-order valence-electron chi connectivity index (χ4n) is 1.68. The van der Waals surface area contributed by atoms with Crippen LogP contribution in [0.25, 0.3) is 0 Å². The second-order valence-corrected chi connectivity index (χ2v) is 5.30. The minimum absolute atomic E-state index is 0.179. The number of nitrogens with zero attached hydrogens (tertiary/aromatic N) is 2. The van der Waals surface area contributed by atoms with Gasteiger partial charge in [0.05, 0.1) is 5.69 Å². The molecule has 0 saturated carbocycles. The number of halogens is 2. The lowest BCUT2D eigenvalue weighted by Crippen LogP contribution is -2.13. The first-order valence-corrected chi connectivity index (χ1v) is 7.00. The van der Waals surface area contributed by atoms with Gasteiger partial charge in [-0.2, -0.15) is 0 Å². The third kappa shape index (κ3) is 2.86. The van der Waals surface area contributed by atoms with Gasteiger partial charge in [0.25, 0.3) is 14.4 Å². The number of hydrogen-bond acceptors (Lipinski definition) is 2. The number of H-pyrrole nitrogens is 1. The van der Waals surface area contributed by atoms with Crippen LogP contribution in [0.1, 0.15) is 11.1 Å². The molecule has 0 aliphatic heterocycles. The number of hydrogen-bond donors (Lipinski definition) is 0. The van der Waals surface area contributed by atoms with Crippen LogP contribution in [0.2, 0.25) is 10.3 Å². The second-order valence-electron chi connectivity index (χ2n) is 3.98. The molecule has 0 radical (unpaired) electrons. The average molecular weight is 315 g/mol. The van der Waals surface area contributed by atoms with Crippen molar-refractivity contribution in [3.8, 4) is 0 Å². The molecule has 19 heavy (non-hydrogen) atoms. The van der Waals surface area contributed by atoms with E-state index >= 15 is 0 Å². The first-order chi connectivity index (χ1) is 9.04. The minimum atomic E-state index is -0.231. The maximum Gasteiger partial charge on any atom is 0.396 e. The topological polar surface area (TPSA) is 47.3 Å². The number of rotatable bonds is 3. The van der Waals surface area contributed by atoms with E-state index in [2.05, 4.69) is 9.97 Å². The average Bonchev–Trinajstić information content (AvgIpc) is 2.39. The quantitative estimate of drug-likeness (QED) is 0.631. The number of aryl methyl sites for hydroxylation is 1. The Bertz CT molecular complexity index is 634. The zero-order valence-electron chi connectivity index (χ0n) is 10.3. The molecule has 1 aromatic heterocycles. The smallest absolute Gasteiger partial charge is 0.248 e. The molecular weight excluding hydrogens is 304 g/mol. The van der Waals surface area contributed by atoms with Crippen LogP contribution in [-0.4, -0.2) is 4.98 Å². The Kier molecular flexibility index (Phi) is 4.35. The van der Waals surface area contributed by atoms with Crippen LogP contribution < -0.4 is 9.65 Å². The summed E-state index contributed by atoms with van der Waals surface area (Å²) in [6.07, 6.45) is 1.51. The van der Waals surface area contributed by atoms with Crippen molar-refractivity contribution < 1.29 is 9.55 Å². The van der Waals surface area contributed by atoms with Crippen LogP contribution in [0.5, 0.6) is 0 Å². The van der Waals surface area contributed by atoms with Gasteiger partial charge in [-0.05, 0) is 36.0 Å². The molecule has 2 aromatic rings. The fourth-order valence-corrected chi connectivity index (χ4v) is 2.59. The summed E-state index contributed by atoms with van der Waals surface area (Å²) in [4.78, 5) is 6.77. The molecule has 4 nitrogen and oxygen atoms in total. The van der Waals surface area contributed by atoms with Gasteiger partial charge in [0.2, 0.25) is 0 Å². The van der Waals surface area contributed by atoms with Gasteiger partial charge in [0.1, 0.15) is 11.2 Å². The molecule has 7 heteroatoms. The van der Waals surface area contributed by atoms with Crippen molar-refractivity contribution >= 4 is 43.3 Å². The normalized spacial score (nSPS) is 10.7. The molecule has 0 aliphatic carbocycles. The Labute approximate surface area is 122 Å². The molecule has 98 valence electrons. The third-order valence-electron chi connectivity index (χ3n) is 2.82. The Hall–Kier alpha value is -1.22. The third-order valence-corrected chi connectivity index (χ3v) is 3.86. The lowest BCUT2D eigenvalue weighted by atomic mass is 10.1. The number of aromatic nitrogens is 2. The predicted molar refractivity (Wildman–Crippen MR) is 76.5 cm³/mol. The molecule has 1 aromatic carbocycles. The Morgan fingerprint density at radius 1 is 1.32 bits per heavy atom. The number of nitrogens with one attached hydrogen (secondary N) is 1. The van der Waals surface area contributed by atoms with E-state index in [9.17, 15) is 4.57 Å². The van der Waals surface area contributed by atoms with Crippen molar-refractivity contribution in [2.45, 2.75) is 13.8 Å². The van der Waals surface area contributed by atoms with Gasteiger partial charge in [-0.3, -0.25) is 0 Å². The largest absolute Gasteiger partial charge is 0.396 e. The van der Waals surface area contributed by atoms with Gasteiger partial charge in [0.15, 0.2) is 0 Å². The van der Waals surface area contributed by atoms with Gasteiger partial charge in [0, 0.05) is 11.6 Å². The zero-order valence-corrected chi connectivity index (χ0v) is 12.7. The van der Waals surface area contributed by atoms with E-state index in [1.165, 1.54) is 10.9 Å². The molecule has 1 heterocycles. The maximum atomic E-state index is 11.5. The summed E-state index contributed by atoms with van der Waals surface area (Å²) in [5.41, 5.74) is 2.87. The highest BCUT2D eigenvalue weighted by Gasteiger charge is 2.23. The van der Waals surface area contributed by atoms with E-state index in [1.807, 2.05) is 32.0 Å². The van der Waals surface area contributed by atoms with Gasteiger partial charge < -0.3 is 0 Å². The lowest BCUT2D eigenvalue weighted by Gasteiger charge is -2.16. The lowest BCUT2D eigenvalue weighted by molar-refractivity contribution is -0.379. The summed E-state index contributed by atoms with van der Waals surface area (Å²) in [6.45, 7) is 3.94. The van der Waals surface area contributed by atoms with Crippen LogP contribution in [0.3, 0.4) is 0 Å². The molecular formula is C12H11Cl2N3OP+.